The number of carbonyl (C=O) groups excluding carboxylic acids is 3. The Morgan fingerprint density at radius 2 is 1.85 bits per heavy atom. The van der Waals surface area contributed by atoms with Crippen molar-refractivity contribution >= 4 is 35.5 Å². The number of nitrogens with one attached hydrogen (secondary N) is 2. The van der Waals surface area contributed by atoms with E-state index in [1.807, 2.05) is 20.1 Å². The SMILES string of the molecule is CC[C@H](C)[C@H](N)C(=O)N[C@@H](CCSC)C(=O)N1CCC[C@H]1C(=O)N[C@@H](CCCCN)C(=O)O. The number of nitrogens with zero attached hydrogens (tertiary/aromatic N) is 1. The number of aliphatic carboxylic acids is 1. The Bertz CT molecular complexity index is 665. The minimum absolute atomic E-state index is 0.0289. The molecule has 0 bridgehead atoms. The van der Waals surface area contributed by atoms with Gasteiger partial charge in [-0.1, -0.05) is 20.3 Å². The van der Waals surface area contributed by atoms with Crippen LogP contribution >= 0.6 is 11.8 Å². The van der Waals surface area contributed by atoms with Gasteiger partial charge in [0.1, 0.15) is 18.1 Å². The van der Waals surface area contributed by atoms with Crippen molar-refractivity contribution in [1.82, 2.24) is 15.5 Å². The first kappa shape index (κ1) is 29.2. The van der Waals surface area contributed by atoms with Crippen LogP contribution in [0.3, 0.4) is 0 Å². The van der Waals surface area contributed by atoms with Gasteiger partial charge in [0.15, 0.2) is 0 Å². The molecule has 33 heavy (non-hydrogen) atoms. The fourth-order valence-corrected chi connectivity index (χ4v) is 4.27. The van der Waals surface area contributed by atoms with Crippen LogP contribution < -0.4 is 22.1 Å². The van der Waals surface area contributed by atoms with Gasteiger partial charge in [-0.15, -0.1) is 0 Å². The Kier molecular flexibility index (Phi) is 13.4. The van der Waals surface area contributed by atoms with E-state index in [0.717, 1.165) is 6.42 Å². The Hall–Kier alpha value is -1.85. The van der Waals surface area contributed by atoms with Gasteiger partial charge >= 0.3 is 5.97 Å². The molecule has 1 heterocycles. The number of likely N-dealkylation sites (tertiary alicyclic amines) is 1. The first-order chi connectivity index (χ1) is 15.7. The van der Waals surface area contributed by atoms with Crippen LogP contribution in [0.15, 0.2) is 0 Å². The molecular weight excluding hydrogens is 446 g/mol. The molecule has 0 radical (unpaired) electrons. The minimum Gasteiger partial charge on any atom is -0.480 e. The van der Waals surface area contributed by atoms with E-state index in [1.54, 1.807) is 11.8 Å². The summed E-state index contributed by atoms with van der Waals surface area (Å²) in [4.78, 5) is 51.9. The second-order valence-corrected chi connectivity index (χ2v) is 9.61. The zero-order valence-corrected chi connectivity index (χ0v) is 20.9. The van der Waals surface area contributed by atoms with E-state index in [-0.39, 0.29) is 24.2 Å². The highest BCUT2D eigenvalue weighted by molar-refractivity contribution is 7.98. The quantitative estimate of drug-likeness (QED) is 0.205. The van der Waals surface area contributed by atoms with E-state index in [0.29, 0.717) is 50.9 Å². The zero-order chi connectivity index (χ0) is 25.0. The molecule has 1 rings (SSSR count). The van der Waals surface area contributed by atoms with E-state index < -0.39 is 36.0 Å². The van der Waals surface area contributed by atoms with Gasteiger partial charge in [-0.25, -0.2) is 4.79 Å². The van der Waals surface area contributed by atoms with Crippen LogP contribution in [0.4, 0.5) is 0 Å². The Morgan fingerprint density at radius 1 is 1.15 bits per heavy atom. The number of amides is 3. The molecule has 1 saturated heterocycles. The monoisotopic (exact) mass is 487 g/mol. The van der Waals surface area contributed by atoms with Crippen LogP contribution in [0.5, 0.6) is 0 Å². The predicted octanol–water partition coefficient (Wildman–Crippen LogP) is 0.287. The van der Waals surface area contributed by atoms with Crippen molar-refractivity contribution in [3.63, 3.8) is 0 Å². The summed E-state index contributed by atoms with van der Waals surface area (Å²) >= 11 is 1.56. The molecule has 1 fully saturated rings. The molecule has 0 saturated carbocycles. The van der Waals surface area contributed by atoms with Crippen molar-refractivity contribution in [3.8, 4) is 0 Å². The van der Waals surface area contributed by atoms with E-state index in [2.05, 4.69) is 10.6 Å². The molecule has 1 aliphatic heterocycles. The third kappa shape index (κ3) is 9.13. The Labute approximate surface area is 200 Å². The average molecular weight is 488 g/mol. The van der Waals surface area contributed by atoms with Crippen LogP contribution in [-0.4, -0.2) is 83.0 Å². The molecule has 5 atom stereocenters. The number of unbranched alkanes of at least 4 members (excludes halogenated alkanes) is 1. The van der Waals surface area contributed by atoms with Gasteiger partial charge in [-0.2, -0.15) is 11.8 Å². The Morgan fingerprint density at radius 3 is 2.42 bits per heavy atom. The lowest BCUT2D eigenvalue weighted by atomic mass is 9.99. The number of nitrogens with two attached hydrogens (primary N) is 2. The number of carboxylic acid groups (broad SMARTS) is 1. The lowest BCUT2D eigenvalue weighted by molar-refractivity contribution is -0.145. The standard InChI is InChI=1S/C22H41N5O5S/c1-4-14(2)18(24)20(29)25-15(10-13-33-3)21(30)27-12-7-9-17(27)19(28)26-16(22(31)32)8-5-6-11-23/h14-18H,4-13,23-24H2,1-3H3,(H,25,29)(H,26,28)(H,31,32)/t14-,15-,16-,17-,18-/m0/s1. The summed E-state index contributed by atoms with van der Waals surface area (Å²) in [7, 11) is 0. The highest BCUT2D eigenvalue weighted by Crippen LogP contribution is 2.20. The fraction of sp³-hybridized carbons (Fsp3) is 0.818. The normalized spacial score (nSPS) is 19.4. The first-order valence-electron chi connectivity index (χ1n) is 11.8. The molecule has 0 aromatic carbocycles. The molecule has 0 aromatic heterocycles. The largest absolute Gasteiger partial charge is 0.480 e. The average Bonchev–Trinajstić information content (AvgIpc) is 3.29. The molecule has 0 unspecified atom stereocenters. The smallest absolute Gasteiger partial charge is 0.326 e. The number of carbonyl (C=O) groups is 4. The molecule has 1 aliphatic rings. The highest BCUT2D eigenvalue weighted by Gasteiger charge is 2.39. The maximum atomic E-state index is 13.3. The molecule has 0 aromatic rings. The van der Waals surface area contributed by atoms with Crippen LogP contribution in [0.1, 0.15) is 58.8 Å². The number of carboxylic acids is 1. The first-order valence-corrected chi connectivity index (χ1v) is 13.2. The van der Waals surface area contributed by atoms with Gasteiger partial charge in [0.05, 0.1) is 6.04 Å². The molecule has 0 aliphatic carbocycles. The van der Waals surface area contributed by atoms with Gasteiger partial charge in [-0.3, -0.25) is 14.4 Å². The topological polar surface area (TPSA) is 168 Å². The van der Waals surface area contributed by atoms with Gasteiger partial charge < -0.3 is 32.1 Å². The second-order valence-electron chi connectivity index (χ2n) is 8.63. The van der Waals surface area contributed by atoms with Crippen molar-refractivity contribution in [2.75, 3.05) is 25.1 Å². The van der Waals surface area contributed by atoms with E-state index in [9.17, 15) is 24.3 Å². The third-order valence-corrected chi connectivity index (χ3v) is 6.83. The van der Waals surface area contributed by atoms with Gasteiger partial charge in [0.2, 0.25) is 17.7 Å². The van der Waals surface area contributed by atoms with Crippen LogP contribution in [0, 0.1) is 5.92 Å². The van der Waals surface area contributed by atoms with E-state index in [4.69, 9.17) is 11.5 Å². The highest BCUT2D eigenvalue weighted by atomic mass is 32.2. The maximum Gasteiger partial charge on any atom is 0.326 e. The van der Waals surface area contributed by atoms with Gasteiger partial charge in [0.25, 0.3) is 0 Å². The molecular formula is C22H41N5O5S. The minimum atomic E-state index is -1.11. The summed E-state index contributed by atoms with van der Waals surface area (Å²) in [6.45, 7) is 4.66. The predicted molar refractivity (Wildman–Crippen MR) is 130 cm³/mol. The van der Waals surface area contributed by atoms with Crippen molar-refractivity contribution < 1.29 is 24.3 Å². The summed E-state index contributed by atoms with van der Waals surface area (Å²) in [5.41, 5.74) is 11.5. The van der Waals surface area contributed by atoms with E-state index >= 15 is 0 Å². The van der Waals surface area contributed by atoms with Crippen molar-refractivity contribution in [2.24, 2.45) is 17.4 Å². The third-order valence-electron chi connectivity index (χ3n) is 6.19. The van der Waals surface area contributed by atoms with Crippen LogP contribution in [-0.2, 0) is 19.2 Å². The summed E-state index contributed by atoms with van der Waals surface area (Å²) in [5.74, 6) is -1.68. The maximum absolute atomic E-state index is 13.3. The summed E-state index contributed by atoms with van der Waals surface area (Å²) in [6, 6.07) is -3.29. The number of hydrogen-bond acceptors (Lipinski definition) is 7. The van der Waals surface area contributed by atoms with Crippen molar-refractivity contribution in [2.45, 2.75) is 83.0 Å². The van der Waals surface area contributed by atoms with Crippen molar-refractivity contribution in [1.29, 1.82) is 0 Å². The van der Waals surface area contributed by atoms with E-state index in [1.165, 1.54) is 4.90 Å². The number of thioether (sulfide) groups is 1. The summed E-state index contributed by atoms with van der Waals surface area (Å²) < 4.78 is 0. The second kappa shape index (κ2) is 15.1. The lowest BCUT2D eigenvalue weighted by Crippen LogP contribution is -2.57. The Balaban J connectivity index is 2.90. The van der Waals surface area contributed by atoms with Crippen molar-refractivity contribution in [3.05, 3.63) is 0 Å². The van der Waals surface area contributed by atoms with Crippen LogP contribution in [0.25, 0.3) is 0 Å². The molecule has 3 amide bonds. The molecule has 11 heteroatoms. The summed E-state index contributed by atoms with van der Waals surface area (Å²) in [6.07, 6.45) is 5.68. The fourth-order valence-electron chi connectivity index (χ4n) is 3.79. The zero-order valence-electron chi connectivity index (χ0n) is 20.0. The van der Waals surface area contributed by atoms with Gasteiger partial charge in [-0.05, 0) is 63.0 Å². The lowest BCUT2D eigenvalue weighted by Gasteiger charge is -2.30. The molecule has 0 spiro atoms. The molecule has 190 valence electrons. The van der Waals surface area contributed by atoms with Gasteiger partial charge in [0, 0.05) is 6.54 Å². The van der Waals surface area contributed by atoms with Crippen LogP contribution in [0.2, 0.25) is 0 Å². The number of hydrogen-bond donors (Lipinski definition) is 5. The molecule has 7 N–H and O–H groups in total. The molecule has 10 nitrogen and oxygen atoms in total. The summed E-state index contributed by atoms with van der Waals surface area (Å²) in [5, 5.41) is 14.8. The number of rotatable bonds is 15.